The molecule has 0 saturated carbocycles. The van der Waals surface area contributed by atoms with E-state index in [1.165, 1.54) is 6.92 Å². The van der Waals surface area contributed by atoms with Gasteiger partial charge >= 0.3 is 0 Å². The van der Waals surface area contributed by atoms with Gasteiger partial charge in [0.05, 0.1) is 6.42 Å². The lowest BCUT2D eigenvalue weighted by Crippen LogP contribution is -2.46. The van der Waals surface area contributed by atoms with Crippen LogP contribution in [0, 0.1) is 0 Å². The molecule has 0 radical (unpaired) electrons. The van der Waals surface area contributed by atoms with Crippen LogP contribution in [0.4, 0.5) is 0 Å². The number of hydrogen-bond acceptors (Lipinski definition) is 3. The minimum absolute atomic E-state index is 0.149. The second-order valence-corrected chi connectivity index (χ2v) is 4.45. The maximum atomic E-state index is 11.7. The second-order valence-electron chi connectivity index (χ2n) is 4.45. The number of nitrogens with two attached hydrogens (primary N) is 1. The van der Waals surface area contributed by atoms with Crippen LogP contribution in [0.15, 0.2) is 30.3 Å². The lowest BCUT2D eigenvalue weighted by Gasteiger charge is -2.14. The smallest absolute Gasteiger partial charge is 0.240 e. The molecular weight excluding hydrogens is 258 g/mol. The molecule has 0 aliphatic rings. The van der Waals surface area contributed by atoms with E-state index in [-0.39, 0.29) is 12.3 Å². The van der Waals surface area contributed by atoms with Crippen molar-refractivity contribution in [1.29, 1.82) is 0 Å². The molecule has 0 fully saturated rings. The molecule has 0 aliphatic heterocycles. The van der Waals surface area contributed by atoms with Gasteiger partial charge in [-0.25, -0.2) is 0 Å². The summed E-state index contributed by atoms with van der Waals surface area (Å²) < 4.78 is 0. The predicted octanol–water partition coefficient (Wildman–Crippen LogP) is -0.275. The molecule has 0 saturated heterocycles. The molecule has 3 amide bonds. The van der Waals surface area contributed by atoms with E-state index in [4.69, 9.17) is 5.73 Å². The van der Waals surface area contributed by atoms with Crippen LogP contribution in [0.5, 0.6) is 0 Å². The SMILES string of the molecule is CC(=O)N[C@H](CC(=O)NCCc1ccccc1)C(N)=O. The average molecular weight is 277 g/mol. The number of rotatable bonds is 7. The van der Waals surface area contributed by atoms with Gasteiger partial charge in [-0.2, -0.15) is 0 Å². The molecule has 1 atom stereocenters. The van der Waals surface area contributed by atoms with Gasteiger partial charge in [0.2, 0.25) is 17.7 Å². The number of nitrogens with one attached hydrogen (secondary N) is 2. The zero-order valence-electron chi connectivity index (χ0n) is 11.4. The van der Waals surface area contributed by atoms with E-state index in [2.05, 4.69) is 10.6 Å². The Bertz CT molecular complexity index is 474. The molecule has 0 unspecified atom stereocenters. The van der Waals surface area contributed by atoms with Gasteiger partial charge in [-0.3, -0.25) is 14.4 Å². The molecule has 20 heavy (non-hydrogen) atoms. The molecule has 0 spiro atoms. The fraction of sp³-hybridized carbons (Fsp3) is 0.357. The van der Waals surface area contributed by atoms with Crippen LogP contribution in [0.1, 0.15) is 18.9 Å². The maximum Gasteiger partial charge on any atom is 0.240 e. The van der Waals surface area contributed by atoms with Gasteiger partial charge < -0.3 is 16.4 Å². The second kappa shape index (κ2) is 7.93. The number of carbonyl (C=O) groups is 3. The molecule has 4 N–H and O–H groups in total. The fourth-order valence-corrected chi connectivity index (χ4v) is 1.72. The normalized spacial score (nSPS) is 11.4. The third-order valence-corrected chi connectivity index (χ3v) is 2.69. The van der Waals surface area contributed by atoms with E-state index < -0.39 is 17.9 Å². The van der Waals surface area contributed by atoms with Crippen LogP contribution >= 0.6 is 0 Å². The summed E-state index contributed by atoms with van der Waals surface area (Å²) in [5.74, 6) is -1.44. The Hall–Kier alpha value is -2.37. The van der Waals surface area contributed by atoms with E-state index in [1.54, 1.807) is 0 Å². The zero-order valence-corrected chi connectivity index (χ0v) is 11.4. The summed E-state index contributed by atoms with van der Waals surface area (Å²) >= 11 is 0. The number of benzene rings is 1. The molecule has 0 heterocycles. The van der Waals surface area contributed by atoms with Crippen LogP contribution in [0.3, 0.4) is 0 Å². The highest BCUT2D eigenvalue weighted by molar-refractivity contribution is 5.90. The first-order chi connectivity index (χ1) is 9.49. The van der Waals surface area contributed by atoms with Gasteiger partial charge in [-0.1, -0.05) is 30.3 Å². The van der Waals surface area contributed by atoms with E-state index >= 15 is 0 Å². The van der Waals surface area contributed by atoms with Crippen molar-refractivity contribution in [1.82, 2.24) is 10.6 Å². The summed E-state index contributed by atoms with van der Waals surface area (Å²) in [6.45, 7) is 1.73. The minimum Gasteiger partial charge on any atom is -0.368 e. The Morgan fingerprint density at radius 3 is 2.40 bits per heavy atom. The first kappa shape index (κ1) is 15.7. The van der Waals surface area contributed by atoms with Crippen molar-refractivity contribution in [3.8, 4) is 0 Å². The van der Waals surface area contributed by atoms with Gasteiger partial charge in [0.25, 0.3) is 0 Å². The quantitative estimate of drug-likeness (QED) is 0.639. The minimum atomic E-state index is -0.968. The lowest BCUT2D eigenvalue weighted by atomic mass is 10.1. The summed E-state index contributed by atoms with van der Waals surface area (Å²) in [6.07, 6.45) is 0.553. The van der Waals surface area contributed by atoms with Crippen LogP contribution in [0.25, 0.3) is 0 Å². The molecule has 6 nitrogen and oxygen atoms in total. The molecule has 1 aromatic rings. The number of hydrogen-bond donors (Lipinski definition) is 3. The first-order valence-electron chi connectivity index (χ1n) is 6.36. The lowest BCUT2D eigenvalue weighted by molar-refractivity contribution is -0.129. The Morgan fingerprint density at radius 2 is 1.85 bits per heavy atom. The van der Waals surface area contributed by atoms with Crippen molar-refractivity contribution in [2.45, 2.75) is 25.8 Å². The van der Waals surface area contributed by atoms with Gasteiger partial charge in [0.1, 0.15) is 6.04 Å². The van der Waals surface area contributed by atoms with Crippen LogP contribution < -0.4 is 16.4 Å². The van der Waals surface area contributed by atoms with Gasteiger partial charge in [-0.15, -0.1) is 0 Å². The Morgan fingerprint density at radius 1 is 1.20 bits per heavy atom. The Balaban J connectivity index is 2.35. The molecule has 1 aromatic carbocycles. The maximum absolute atomic E-state index is 11.7. The van der Waals surface area contributed by atoms with Crippen LogP contribution in [-0.4, -0.2) is 30.3 Å². The van der Waals surface area contributed by atoms with Crippen LogP contribution in [-0.2, 0) is 20.8 Å². The van der Waals surface area contributed by atoms with Crippen molar-refractivity contribution >= 4 is 17.7 Å². The monoisotopic (exact) mass is 277 g/mol. The van der Waals surface area contributed by atoms with Crippen LogP contribution in [0.2, 0.25) is 0 Å². The number of carbonyl (C=O) groups excluding carboxylic acids is 3. The first-order valence-corrected chi connectivity index (χ1v) is 6.36. The fourth-order valence-electron chi connectivity index (χ4n) is 1.72. The van der Waals surface area contributed by atoms with E-state index in [0.29, 0.717) is 13.0 Å². The topological polar surface area (TPSA) is 101 Å². The van der Waals surface area contributed by atoms with E-state index in [9.17, 15) is 14.4 Å². The molecular formula is C14H19N3O3. The molecule has 108 valence electrons. The summed E-state index contributed by atoms with van der Waals surface area (Å²) in [5, 5.41) is 5.04. The van der Waals surface area contributed by atoms with Gasteiger partial charge in [0.15, 0.2) is 0 Å². The van der Waals surface area contributed by atoms with Gasteiger partial charge in [-0.05, 0) is 12.0 Å². The largest absolute Gasteiger partial charge is 0.368 e. The third kappa shape index (κ3) is 5.99. The summed E-state index contributed by atoms with van der Waals surface area (Å²) in [4.78, 5) is 33.6. The highest BCUT2D eigenvalue weighted by Gasteiger charge is 2.19. The predicted molar refractivity (Wildman–Crippen MR) is 74.6 cm³/mol. The number of amides is 3. The van der Waals surface area contributed by atoms with E-state index in [1.807, 2.05) is 30.3 Å². The van der Waals surface area contributed by atoms with E-state index in [0.717, 1.165) is 5.56 Å². The Kier molecular flexibility index (Phi) is 6.22. The van der Waals surface area contributed by atoms with Crippen molar-refractivity contribution < 1.29 is 14.4 Å². The van der Waals surface area contributed by atoms with Crippen molar-refractivity contribution in [2.75, 3.05) is 6.54 Å². The zero-order chi connectivity index (χ0) is 15.0. The molecule has 6 heteroatoms. The molecule has 0 bridgehead atoms. The molecule has 0 aromatic heterocycles. The molecule has 0 aliphatic carbocycles. The van der Waals surface area contributed by atoms with Gasteiger partial charge in [0, 0.05) is 13.5 Å². The highest BCUT2D eigenvalue weighted by Crippen LogP contribution is 1.98. The molecule has 1 rings (SSSR count). The summed E-state index contributed by atoms with van der Waals surface area (Å²) in [6, 6.07) is 8.75. The van der Waals surface area contributed by atoms with Crippen molar-refractivity contribution in [3.63, 3.8) is 0 Å². The van der Waals surface area contributed by atoms with Crippen molar-refractivity contribution in [3.05, 3.63) is 35.9 Å². The van der Waals surface area contributed by atoms with Crippen molar-refractivity contribution in [2.24, 2.45) is 5.73 Å². The summed E-state index contributed by atoms with van der Waals surface area (Å²) in [5.41, 5.74) is 6.23. The Labute approximate surface area is 117 Å². The highest BCUT2D eigenvalue weighted by atomic mass is 16.2. The third-order valence-electron chi connectivity index (χ3n) is 2.69. The standard InChI is InChI=1S/C14H19N3O3/c1-10(18)17-12(14(15)20)9-13(19)16-8-7-11-5-3-2-4-6-11/h2-6,12H,7-9H2,1H3,(H2,15,20)(H,16,19)(H,17,18)/t12-/m1/s1. The average Bonchev–Trinajstić information content (AvgIpc) is 2.38. The number of primary amides is 1. The summed E-state index contributed by atoms with van der Waals surface area (Å²) in [7, 11) is 0.